The quantitative estimate of drug-likeness (QED) is 0.113. The van der Waals surface area contributed by atoms with Crippen LogP contribution in [0, 0.1) is 53.3 Å². The molecule has 5 unspecified atom stereocenters. The van der Waals surface area contributed by atoms with E-state index in [1.807, 2.05) is 0 Å². The number of rotatable bonds is 15. The minimum Gasteiger partial charge on any atom is -0.462 e. The van der Waals surface area contributed by atoms with E-state index < -0.39 is 12.6 Å². The van der Waals surface area contributed by atoms with Crippen LogP contribution >= 0.6 is 0 Å². The van der Waals surface area contributed by atoms with E-state index in [1.54, 1.807) is 6.92 Å². The van der Waals surface area contributed by atoms with Crippen LogP contribution in [0.5, 0.6) is 0 Å². The Morgan fingerprint density at radius 1 is 0.727 bits per heavy atom. The third kappa shape index (κ3) is 10.2. The Kier molecular flexibility index (Phi) is 14.3. The van der Waals surface area contributed by atoms with Crippen molar-refractivity contribution in [2.75, 3.05) is 19.8 Å². The van der Waals surface area contributed by atoms with Gasteiger partial charge in [-0.3, -0.25) is 0 Å². The van der Waals surface area contributed by atoms with Crippen LogP contribution in [0.15, 0.2) is 24.3 Å². The topological polar surface area (TPSA) is 72.8 Å². The predicted octanol–water partition coefficient (Wildman–Crippen LogP) is 9.23. The summed E-state index contributed by atoms with van der Waals surface area (Å²) in [6.45, 7) is 11.4. The highest BCUT2D eigenvalue weighted by Gasteiger charge is 2.40. The molecule has 5 nitrogen and oxygen atoms in total. The summed E-state index contributed by atoms with van der Waals surface area (Å²) < 4.78 is 10.9. The van der Waals surface area contributed by atoms with Crippen molar-refractivity contribution < 1.29 is 24.2 Å². The molecule has 0 aromatic heterocycles. The van der Waals surface area contributed by atoms with E-state index in [1.165, 1.54) is 103 Å². The van der Waals surface area contributed by atoms with Crippen molar-refractivity contribution in [3.05, 3.63) is 24.3 Å². The summed E-state index contributed by atoms with van der Waals surface area (Å²) in [5, 5.41) is 9.14. The van der Waals surface area contributed by atoms with Crippen molar-refractivity contribution in [1.29, 1.82) is 0 Å². The lowest BCUT2D eigenvalue weighted by Gasteiger charge is -2.46. The van der Waals surface area contributed by atoms with Gasteiger partial charge in [0.2, 0.25) is 0 Å². The molecule has 4 aliphatic carbocycles. The molecule has 250 valence electrons. The van der Waals surface area contributed by atoms with Gasteiger partial charge >= 0.3 is 11.9 Å². The monoisotopic (exact) mass is 612 g/mol. The number of carbonyl (C=O) groups is 2. The van der Waals surface area contributed by atoms with Crippen LogP contribution < -0.4 is 0 Å². The average Bonchev–Trinajstić information content (AvgIpc) is 3.05. The first kappa shape index (κ1) is 35.2. The first-order chi connectivity index (χ1) is 21.3. The SMILES string of the molecule is C=C(C)C(=O)OCC(CCOC(=O)C(=C)CO)C1CCC(C2CCC(C3CCC4CC(CCCCC)CCC4C3)CC2)CC1. The van der Waals surface area contributed by atoms with Crippen molar-refractivity contribution in [2.45, 2.75) is 136 Å². The lowest BCUT2D eigenvalue weighted by Crippen LogP contribution is -2.35. The van der Waals surface area contributed by atoms with Crippen LogP contribution in [0.4, 0.5) is 0 Å². The normalized spacial score (nSPS) is 33.1. The van der Waals surface area contributed by atoms with E-state index in [0.717, 1.165) is 54.3 Å². The first-order valence-corrected chi connectivity index (χ1v) is 18.6. The fourth-order valence-corrected chi connectivity index (χ4v) is 9.80. The number of carbonyl (C=O) groups excluding carboxylic acids is 2. The third-order valence-corrected chi connectivity index (χ3v) is 12.6. The minimum absolute atomic E-state index is 0.0680. The molecule has 0 amide bonds. The molecule has 4 fully saturated rings. The predicted molar refractivity (Wildman–Crippen MR) is 178 cm³/mol. The number of aliphatic hydroxyl groups excluding tert-OH is 1. The molecule has 0 heterocycles. The maximum Gasteiger partial charge on any atom is 0.335 e. The Bertz CT molecular complexity index is 925. The van der Waals surface area contributed by atoms with Crippen molar-refractivity contribution in [3.63, 3.8) is 0 Å². The molecule has 1 N–H and O–H groups in total. The second kappa shape index (κ2) is 17.9. The lowest BCUT2D eigenvalue weighted by atomic mass is 9.59. The van der Waals surface area contributed by atoms with Gasteiger partial charge < -0.3 is 14.6 Å². The molecule has 44 heavy (non-hydrogen) atoms. The highest BCUT2D eigenvalue weighted by atomic mass is 16.5. The third-order valence-electron chi connectivity index (χ3n) is 12.6. The number of hydrogen-bond donors (Lipinski definition) is 1. The van der Waals surface area contributed by atoms with Crippen molar-refractivity contribution in [2.24, 2.45) is 53.3 Å². The number of aliphatic hydroxyl groups is 1. The Balaban J connectivity index is 1.18. The molecule has 0 aromatic carbocycles. The average molecular weight is 613 g/mol. The maximum absolute atomic E-state index is 12.1. The summed E-state index contributed by atoms with van der Waals surface area (Å²) in [6, 6.07) is 0. The maximum atomic E-state index is 12.1. The zero-order valence-electron chi connectivity index (χ0n) is 28.2. The second-order valence-corrected chi connectivity index (χ2v) is 15.4. The Hall–Kier alpha value is -1.62. The van der Waals surface area contributed by atoms with Gasteiger partial charge in [-0.1, -0.05) is 52.2 Å². The largest absolute Gasteiger partial charge is 0.462 e. The van der Waals surface area contributed by atoms with E-state index >= 15 is 0 Å². The number of esters is 2. The molecule has 4 aliphatic rings. The van der Waals surface area contributed by atoms with Gasteiger partial charge in [0.25, 0.3) is 0 Å². The molecule has 4 rings (SSSR count). The molecular formula is C39H64O5. The Morgan fingerprint density at radius 2 is 1.27 bits per heavy atom. The first-order valence-electron chi connectivity index (χ1n) is 18.6. The zero-order chi connectivity index (χ0) is 31.5. The molecule has 0 aromatic rings. The Morgan fingerprint density at radius 3 is 1.89 bits per heavy atom. The molecule has 0 saturated heterocycles. The minimum atomic E-state index is -0.553. The van der Waals surface area contributed by atoms with Crippen molar-refractivity contribution >= 4 is 11.9 Å². The molecular weight excluding hydrogens is 548 g/mol. The van der Waals surface area contributed by atoms with Gasteiger partial charge in [-0.2, -0.15) is 0 Å². The van der Waals surface area contributed by atoms with Gasteiger partial charge in [-0.25, -0.2) is 9.59 Å². The van der Waals surface area contributed by atoms with Crippen LogP contribution in [-0.4, -0.2) is 36.9 Å². The number of ether oxygens (including phenoxy) is 2. The van der Waals surface area contributed by atoms with Gasteiger partial charge in [-0.05, 0) is 150 Å². The standard InChI is InChI=1S/C39H64O5/c1-5-6-7-8-29-9-10-36-24-35(20-19-34(36)23-29)32-15-11-30(12-16-32)31-13-17-33(18-14-31)37(26-44-38(41)27(2)3)21-22-43-39(42)28(4)25-40/h29-37,40H,2,4-26H2,1,3H3. The van der Waals surface area contributed by atoms with E-state index in [4.69, 9.17) is 14.6 Å². The van der Waals surface area contributed by atoms with E-state index in [-0.39, 0.29) is 24.1 Å². The Labute approximate surface area is 269 Å². The van der Waals surface area contributed by atoms with E-state index in [2.05, 4.69) is 20.1 Å². The van der Waals surface area contributed by atoms with Crippen LogP contribution in [0.25, 0.3) is 0 Å². The van der Waals surface area contributed by atoms with Crippen LogP contribution in [0.2, 0.25) is 0 Å². The van der Waals surface area contributed by atoms with Crippen LogP contribution in [0.3, 0.4) is 0 Å². The van der Waals surface area contributed by atoms with Gasteiger partial charge in [0.1, 0.15) is 0 Å². The highest BCUT2D eigenvalue weighted by Crippen LogP contribution is 2.51. The summed E-state index contributed by atoms with van der Waals surface area (Å²) in [5.74, 6) is 6.51. The molecule has 0 bridgehead atoms. The van der Waals surface area contributed by atoms with Crippen LogP contribution in [-0.2, 0) is 19.1 Å². The van der Waals surface area contributed by atoms with Crippen LogP contribution in [0.1, 0.15) is 136 Å². The van der Waals surface area contributed by atoms with Crippen molar-refractivity contribution in [1.82, 2.24) is 0 Å². The van der Waals surface area contributed by atoms with E-state index in [0.29, 0.717) is 24.5 Å². The summed E-state index contributed by atoms with van der Waals surface area (Å²) in [4.78, 5) is 24.1. The molecule has 4 saturated carbocycles. The molecule has 0 aliphatic heterocycles. The lowest BCUT2D eigenvalue weighted by molar-refractivity contribution is -0.144. The highest BCUT2D eigenvalue weighted by molar-refractivity contribution is 5.88. The van der Waals surface area contributed by atoms with Gasteiger partial charge in [0.05, 0.1) is 25.4 Å². The smallest absolute Gasteiger partial charge is 0.335 e. The molecule has 5 atom stereocenters. The van der Waals surface area contributed by atoms with Crippen molar-refractivity contribution in [3.8, 4) is 0 Å². The zero-order valence-corrected chi connectivity index (χ0v) is 28.2. The van der Waals surface area contributed by atoms with Gasteiger partial charge in [0.15, 0.2) is 0 Å². The summed E-state index contributed by atoms with van der Waals surface area (Å²) in [6.07, 6.45) is 26.1. The van der Waals surface area contributed by atoms with E-state index in [9.17, 15) is 9.59 Å². The number of fused-ring (bicyclic) bond motifs is 1. The molecule has 0 spiro atoms. The number of hydrogen-bond acceptors (Lipinski definition) is 5. The summed E-state index contributed by atoms with van der Waals surface area (Å²) in [7, 11) is 0. The van der Waals surface area contributed by atoms with Gasteiger partial charge in [0, 0.05) is 5.57 Å². The van der Waals surface area contributed by atoms with Gasteiger partial charge in [-0.15, -0.1) is 0 Å². The molecule has 0 radical (unpaired) electrons. The summed E-state index contributed by atoms with van der Waals surface area (Å²) in [5.41, 5.74) is 0.477. The summed E-state index contributed by atoms with van der Waals surface area (Å²) >= 11 is 0. The molecule has 5 heteroatoms. The second-order valence-electron chi connectivity index (χ2n) is 15.4. The fraction of sp³-hybridized carbons (Fsp3) is 0.846. The number of unbranched alkanes of at least 4 members (excludes halogenated alkanes) is 2. The fourth-order valence-electron chi connectivity index (χ4n) is 9.80.